The smallest absolute Gasteiger partial charge is 0.123 e. The van der Waals surface area contributed by atoms with Crippen LogP contribution >= 0.6 is 22.9 Å². The number of benzene rings is 2. The summed E-state index contributed by atoms with van der Waals surface area (Å²) in [4.78, 5) is 7.79. The predicted octanol–water partition coefficient (Wildman–Crippen LogP) is 7.52. The molecule has 0 saturated heterocycles. The van der Waals surface area contributed by atoms with Crippen molar-refractivity contribution >= 4 is 44.5 Å². The SMILES string of the molecule is C=C(c1sc2cccc(C)c2c1Cl)N(Cc1cc(-c2ccc(N)nc2)ccc1OC)C1CCC(NC)CC1. The molecule has 7 heteroatoms. The molecule has 1 saturated carbocycles. The number of hydrogen-bond donors (Lipinski definition) is 2. The van der Waals surface area contributed by atoms with E-state index in [-0.39, 0.29) is 0 Å². The Morgan fingerprint density at radius 3 is 2.58 bits per heavy atom. The molecule has 5 nitrogen and oxygen atoms in total. The second-order valence-corrected chi connectivity index (χ2v) is 11.5. The maximum Gasteiger partial charge on any atom is 0.123 e. The third-order valence-corrected chi connectivity index (χ3v) is 9.45. The van der Waals surface area contributed by atoms with Gasteiger partial charge in [0.1, 0.15) is 11.6 Å². The Balaban J connectivity index is 1.54. The number of nitrogens with one attached hydrogen (secondary N) is 1. The van der Waals surface area contributed by atoms with Crippen molar-refractivity contribution in [3.63, 3.8) is 0 Å². The molecule has 2 aromatic heterocycles. The molecule has 2 aromatic carbocycles. The average molecular weight is 547 g/mol. The molecule has 4 aromatic rings. The molecule has 198 valence electrons. The number of aryl methyl sites for hydroxylation is 1. The number of thiophene rings is 1. The highest BCUT2D eigenvalue weighted by Gasteiger charge is 2.29. The number of anilines is 1. The van der Waals surface area contributed by atoms with Crippen molar-refractivity contribution in [1.29, 1.82) is 0 Å². The van der Waals surface area contributed by atoms with E-state index >= 15 is 0 Å². The first kappa shape index (κ1) is 26.5. The van der Waals surface area contributed by atoms with E-state index in [1.165, 1.54) is 10.3 Å². The summed E-state index contributed by atoms with van der Waals surface area (Å²) in [5.41, 5.74) is 11.2. The van der Waals surface area contributed by atoms with Gasteiger partial charge in [0.25, 0.3) is 0 Å². The lowest BCUT2D eigenvalue weighted by Gasteiger charge is -2.39. The van der Waals surface area contributed by atoms with E-state index < -0.39 is 0 Å². The zero-order chi connectivity index (χ0) is 26.8. The van der Waals surface area contributed by atoms with Crippen LogP contribution in [-0.2, 0) is 6.54 Å². The second-order valence-electron chi connectivity index (χ2n) is 10.1. The maximum atomic E-state index is 7.04. The minimum atomic E-state index is 0.362. The van der Waals surface area contributed by atoms with E-state index in [1.54, 1.807) is 18.4 Å². The molecule has 0 radical (unpaired) electrons. The maximum absolute atomic E-state index is 7.04. The van der Waals surface area contributed by atoms with Crippen LogP contribution in [0.2, 0.25) is 5.02 Å². The van der Waals surface area contributed by atoms with Gasteiger partial charge in [0.2, 0.25) is 0 Å². The third kappa shape index (κ3) is 5.26. The van der Waals surface area contributed by atoms with Crippen LogP contribution < -0.4 is 15.8 Å². The van der Waals surface area contributed by atoms with Gasteiger partial charge in [-0.3, -0.25) is 0 Å². The number of methoxy groups -OCH3 is 1. The van der Waals surface area contributed by atoms with Crippen molar-refractivity contribution < 1.29 is 4.74 Å². The average Bonchev–Trinajstić information content (AvgIpc) is 3.29. The van der Waals surface area contributed by atoms with Gasteiger partial charge in [-0.2, -0.15) is 0 Å². The number of nitrogens with two attached hydrogens (primary N) is 1. The van der Waals surface area contributed by atoms with Gasteiger partial charge in [-0.15, -0.1) is 11.3 Å². The number of hydrogen-bond acceptors (Lipinski definition) is 6. The summed E-state index contributed by atoms with van der Waals surface area (Å²) < 4.78 is 7.02. The summed E-state index contributed by atoms with van der Waals surface area (Å²) in [6.07, 6.45) is 6.28. The fourth-order valence-electron chi connectivity index (χ4n) is 5.55. The fraction of sp³-hybridized carbons (Fsp3) is 0.323. The number of rotatable bonds is 8. The first-order valence-electron chi connectivity index (χ1n) is 13.1. The zero-order valence-corrected chi connectivity index (χ0v) is 23.8. The molecular formula is C31H35ClN4OS. The van der Waals surface area contributed by atoms with E-state index in [2.05, 4.69) is 66.1 Å². The number of nitrogen functional groups attached to an aromatic ring is 1. The molecule has 3 N–H and O–H groups in total. The quantitative estimate of drug-likeness (QED) is 0.239. The van der Waals surface area contributed by atoms with E-state index in [0.717, 1.165) is 69.1 Å². The molecule has 2 heterocycles. The van der Waals surface area contributed by atoms with Gasteiger partial charge in [-0.25, -0.2) is 4.98 Å². The van der Waals surface area contributed by atoms with E-state index in [9.17, 15) is 0 Å². The number of pyridine rings is 1. The van der Waals surface area contributed by atoms with E-state index in [4.69, 9.17) is 22.1 Å². The van der Waals surface area contributed by atoms with Gasteiger partial charge in [-0.05, 0) is 81.1 Å². The van der Waals surface area contributed by atoms with Crippen LogP contribution in [0.1, 0.15) is 41.7 Å². The first-order chi connectivity index (χ1) is 18.4. The van der Waals surface area contributed by atoms with Crippen LogP contribution in [0.25, 0.3) is 26.9 Å². The van der Waals surface area contributed by atoms with Gasteiger partial charge >= 0.3 is 0 Å². The minimum absolute atomic E-state index is 0.362. The van der Waals surface area contributed by atoms with Crippen molar-refractivity contribution in [3.05, 3.63) is 82.3 Å². The summed E-state index contributed by atoms with van der Waals surface area (Å²) in [5.74, 6) is 1.37. The number of aromatic nitrogens is 1. The molecule has 0 atom stereocenters. The van der Waals surface area contributed by atoms with Crippen LogP contribution in [0.15, 0.2) is 61.3 Å². The Hall–Kier alpha value is -3.06. The molecule has 38 heavy (non-hydrogen) atoms. The Bertz CT molecular complexity index is 1440. The lowest BCUT2D eigenvalue weighted by Crippen LogP contribution is -2.40. The molecule has 0 amide bonds. The topological polar surface area (TPSA) is 63.4 Å². The Morgan fingerprint density at radius 2 is 1.92 bits per heavy atom. The molecule has 0 aliphatic heterocycles. The molecule has 1 fully saturated rings. The zero-order valence-electron chi connectivity index (χ0n) is 22.3. The summed E-state index contributed by atoms with van der Waals surface area (Å²) >= 11 is 8.77. The van der Waals surface area contributed by atoms with Crippen LogP contribution in [0.5, 0.6) is 5.75 Å². The highest BCUT2D eigenvalue weighted by molar-refractivity contribution is 7.20. The van der Waals surface area contributed by atoms with Crippen LogP contribution in [0.3, 0.4) is 0 Å². The highest BCUT2D eigenvalue weighted by atomic mass is 35.5. The molecule has 1 aliphatic carbocycles. The normalized spacial score (nSPS) is 17.5. The minimum Gasteiger partial charge on any atom is -0.496 e. The lowest BCUT2D eigenvalue weighted by molar-refractivity contribution is 0.203. The predicted molar refractivity (Wildman–Crippen MR) is 162 cm³/mol. The van der Waals surface area contributed by atoms with Crippen molar-refractivity contribution in [3.8, 4) is 16.9 Å². The summed E-state index contributed by atoms with van der Waals surface area (Å²) in [7, 11) is 3.79. The van der Waals surface area contributed by atoms with Crippen molar-refractivity contribution in [2.45, 2.75) is 51.2 Å². The number of ether oxygens (including phenoxy) is 1. The Labute approximate surface area is 234 Å². The highest BCUT2D eigenvalue weighted by Crippen LogP contribution is 2.43. The molecule has 0 unspecified atom stereocenters. The molecule has 0 bridgehead atoms. The summed E-state index contributed by atoms with van der Waals surface area (Å²) in [6.45, 7) is 7.43. The van der Waals surface area contributed by atoms with Crippen molar-refractivity contribution in [2.75, 3.05) is 19.9 Å². The first-order valence-corrected chi connectivity index (χ1v) is 14.3. The van der Waals surface area contributed by atoms with Crippen LogP contribution in [0, 0.1) is 6.92 Å². The second kappa shape index (κ2) is 11.4. The number of fused-ring (bicyclic) bond motifs is 1. The molecule has 5 rings (SSSR count). The van der Waals surface area contributed by atoms with Crippen molar-refractivity contribution in [1.82, 2.24) is 15.2 Å². The van der Waals surface area contributed by atoms with E-state index in [0.29, 0.717) is 24.4 Å². The number of nitrogens with zero attached hydrogens (tertiary/aromatic N) is 2. The van der Waals surface area contributed by atoms with Crippen LogP contribution in [0.4, 0.5) is 5.82 Å². The van der Waals surface area contributed by atoms with E-state index in [1.807, 2.05) is 24.4 Å². The van der Waals surface area contributed by atoms with Gasteiger partial charge < -0.3 is 20.7 Å². The van der Waals surface area contributed by atoms with Crippen LogP contribution in [-0.4, -0.2) is 36.1 Å². The molecule has 0 spiro atoms. The number of halogens is 1. The lowest BCUT2D eigenvalue weighted by atomic mass is 9.89. The molecular weight excluding hydrogens is 512 g/mol. The van der Waals surface area contributed by atoms with Gasteiger partial charge in [-0.1, -0.05) is 36.4 Å². The van der Waals surface area contributed by atoms with Gasteiger partial charge in [0, 0.05) is 51.7 Å². The van der Waals surface area contributed by atoms with Gasteiger partial charge in [0.15, 0.2) is 0 Å². The van der Waals surface area contributed by atoms with Crippen molar-refractivity contribution in [2.24, 2.45) is 0 Å². The molecule has 1 aliphatic rings. The summed E-state index contributed by atoms with van der Waals surface area (Å²) in [6, 6.07) is 17.4. The standard InChI is InChI=1S/C31H35ClN4OS/c1-19-6-5-7-27-29(19)30(32)31(38-27)20(2)36(25-12-10-24(34-3)11-13-25)18-23-16-21(8-14-26(23)37-4)22-9-15-28(33)35-17-22/h5-9,14-17,24-25,34H,2,10-13,18H2,1,3-4H3,(H2,33,35). The fourth-order valence-corrected chi connectivity index (χ4v) is 7.24. The Kier molecular flexibility index (Phi) is 7.93. The monoisotopic (exact) mass is 546 g/mol. The third-order valence-electron chi connectivity index (χ3n) is 7.76. The Morgan fingerprint density at radius 1 is 1.16 bits per heavy atom. The van der Waals surface area contributed by atoms with Gasteiger partial charge in [0.05, 0.1) is 17.0 Å². The largest absolute Gasteiger partial charge is 0.496 e. The summed E-state index contributed by atoms with van der Waals surface area (Å²) in [5, 5.41) is 5.39.